The molecule has 1 aromatic rings. The fourth-order valence-electron chi connectivity index (χ4n) is 1.33. The lowest BCUT2D eigenvalue weighted by molar-refractivity contribution is 1.24. The molecule has 14 heavy (non-hydrogen) atoms. The molecule has 0 radical (unpaired) electrons. The van der Waals surface area contributed by atoms with E-state index in [0.717, 1.165) is 0 Å². The molecule has 0 amide bonds. The van der Waals surface area contributed by atoms with Crippen molar-refractivity contribution in [3.8, 4) is 0 Å². The molecule has 1 nitrogen and oxygen atoms in total. The van der Waals surface area contributed by atoms with Crippen LogP contribution in [0.4, 0.5) is 5.69 Å². The van der Waals surface area contributed by atoms with Gasteiger partial charge in [0, 0.05) is 5.69 Å². The lowest BCUT2D eigenvalue weighted by Crippen LogP contribution is -2.43. The molecular weight excluding hydrogens is 186 g/mol. The maximum absolute atomic E-state index is 3.84. The van der Waals surface area contributed by atoms with Crippen molar-refractivity contribution < 1.29 is 0 Å². The fourth-order valence-corrected chi connectivity index (χ4v) is 2.25. The zero-order valence-corrected chi connectivity index (χ0v) is 10.5. The predicted octanol–water partition coefficient (Wildman–Crippen LogP) is 3.60. The molecule has 0 aromatic heterocycles. The summed E-state index contributed by atoms with van der Waals surface area (Å²) in [4.78, 5) is 0. The maximum Gasteiger partial charge on any atom is 0.147 e. The van der Waals surface area contributed by atoms with Gasteiger partial charge in [-0.1, -0.05) is 50.5 Å². The van der Waals surface area contributed by atoms with Crippen molar-refractivity contribution in [3.05, 3.63) is 36.4 Å². The van der Waals surface area contributed by atoms with Crippen molar-refractivity contribution >= 4 is 20.0 Å². The van der Waals surface area contributed by atoms with E-state index >= 15 is 0 Å². The second-order valence-corrected chi connectivity index (χ2v) is 9.51. The molecule has 1 aromatic carbocycles. The first-order chi connectivity index (χ1) is 6.46. The van der Waals surface area contributed by atoms with Gasteiger partial charge >= 0.3 is 0 Å². The van der Waals surface area contributed by atoms with Crippen LogP contribution in [-0.4, -0.2) is 15.3 Å². The van der Waals surface area contributed by atoms with Gasteiger partial charge in [0.25, 0.3) is 0 Å². The lowest BCUT2D eigenvalue weighted by Gasteiger charge is -2.33. The number of anilines is 1. The number of hydrogen-bond donors (Lipinski definition) is 0. The van der Waals surface area contributed by atoms with E-state index in [1.165, 1.54) is 11.3 Å². The lowest BCUT2D eigenvalue weighted by atomic mass is 10.2. The smallest absolute Gasteiger partial charge is 0.147 e. The van der Waals surface area contributed by atoms with Gasteiger partial charge in [0.05, 0.1) is 0 Å². The highest BCUT2D eigenvalue weighted by Gasteiger charge is 2.21. The van der Waals surface area contributed by atoms with Gasteiger partial charge in [-0.25, -0.2) is 0 Å². The molecule has 0 saturated heterocycles. The summed E-state index contributed by atoms with van der Waals surface area (Å²) in [6.45, 7) is 10.9. The fraction of sp³-hybridized carbons (Fsp3) is 0.333. The van der Waals surface area contributed by atoms with E-state index in [0.29, 0.717) is 0 Å². The summed E-state index contributed by atoms with van der Waals surface area (Å²) in [6, 6.07) is 8.41. The summed E-state index contributed by atoms with van der Waals surface area (Å²) >= 11 is 0. The Kier molecular flexibility index (Phi) is 3.16. The SMILES string of the molecule is C=Cc1ccccc1N(C)[Si](C)(C)C. The van der Waals surface area contributed by atoms with E-state index in [2.05, 4.69) is 62.1 Å². The molecule has 0 saturated carbocycles. The van der Waals surface area contributed by atoms with Crippen LogP contribution in [0.2, 0.25) is 19.6 Å². The highest BCUT2D eigenvalue weighted by molar-refractivity contribution is 6.79. The molecule has 0 atom stereocenters. The van der Waals surface area contributed by atoms with Crippen LogP contribution in [0.1, 0.15) is 5.56 Å². The first kappa shape index (κ1) is 11.1. The van der Waals surface area contributed by atoms with Gasteiger partial charge in [0.1, 0.15) is 8.24 Å². The molecule has 0 aliphatic carbocycles. The topological polar surface area (TPSA) is 3.24 Å². The van der Waals surface area contributed by atoms with Gasteiger partial charge < -0.3 is 4.57 Å². The van der Waals surface area contributed by atoms with E-state index in [1.807, 2.05) is 6.08 Å². The normalized spacial score (nSPS) is 11.1. The summed E-state index contributed by atoms with van der Waals surface area (Å²) in [5.41, 5.74) is 2.51. The van der Waals surface area contributed by atoms with Gasteiger partial charge in [-0.2, -0.15) is 0 Å². The van der Waals surface area contributed by atoms with Gasteiger partial charge in [0.15, 0.2) is 0 Å². The molecule has 0 fully saturated rings. The highest BCUT2D eigenvalue weighted by atomic mass is 28.3. The van der Waals surface area contributed by atoms with E-state index in [9.17, 15) is 0 Å². The minimum absolute atomic E-state index is 1.22. The zero-order chi connectivity index (χ0) is 10.8. The van der Waals surface area contributed by atoms with Crippen LogP contribution >= 0.6 is 0 Å². The maximum atomic E-state index is 3.84. The molecule has 0 spiro atoms. The summed E-state index contributed by atoms with van der Waals surface area (Å²) in [5.74, 6) is 0. The van der Waals surface area contributed by atoms with Crippen LogP contribution in [-0.2, 0) is 0 Å². The second-order valence-electron chi connectivity index (χ2n) is 4.49. The first-order valence-corrected chi connectivity index (χ1v) is 8.37. The van der Waals surface area contributed by atoms with Crippen LogP contribution in [0.15, 0.2) is 30.8 Å². The van der Waals surface area contributed by atoms with Gasteiger partial charge in [-0.05, 0) is 18.7 Å². The molecule has 0 aliphatic heterocycles. The zero-order valence-electron chi connectivity index (χ0n) is 9.54. The quantitative estimate of drug-likeness (QED) is 0.682. The summed E-state index contributed by atoms with van der Waals surface area (Å²) in [5, 5.41) is 0. The first-order valence-electron chi connectivity index (χ1n) is 4.92. The van der Waals surface area contributed by atoms with E-state index in [4.69, 9.17) is 0 Å². The third kappa shape index (κ3) is 2.26. The standard InChI is InChI=1S/C12H19NSi/c1-6-11-9-7-8-10-12(11)13(2)14(3,4)5/h6-10H,1H2,2-5H3. The predicted molar refractivity (Wildman–Crippen MR) is 68.3 cm³/mol. The average molecular weight is 205 g/mol. The Bertz CT molecular complexity index is 325. The molecule has 76 valence electrons. The average Bonchev–Trinajstić information content (AvgIpc) is 2.15. The number of hydrogen-bond acceptors (Lipinski definition) is 1. The summed E-state index contributed by atoms with van der Waals surface area (Å²) < 4.78 is 2.41. The Hall–Kier alpha value is -1.02. The Balaban J connectivity index is 3.12. The van der Waals surface area contributed by atoms with Crippen molar-refractivity contribution in [1.29, 1.82) is 0 Å². The highest BCUT2D eigenvalue weighted by Crippen LogP contribution is 2.24. The number of rotatable bonds is 3. The Morgan fingerprint density at radius 1 is 1.21 bits per heavy atom. The minimum atomic E-state index is -1.26. The third-order valence-corrected chi connectivity index (χ3v) is 4.78. The van der Waals surface area contributed by atoms with Crippen LogP contribution in [0.25, 0.3) is 6.08 Å². The number of nitrogens with zero attached hydrogens (tertiary/aromatic N) is 1. The van der Waals surface area contributed by atoms with Crippen LogP contribution in [0.5, 0.6) is 0 Å². The third-order valence-electron chi connectivity index (χ3n) is 2.52. The van der Waals surface area contributed by atoms with Crippen LogP contribution in [0, 0.1) is 0 Å². The monoisotopic (exact) mass is 205 g/mol. The molecule has 0 bridgehead atoms. The molecule has 0 aliphatic rings. The molecule has 0 N–H and O–H groups in total. The molecule has 1 rings (SSSR count). The Labute approximate surface area is 88.2 Å². The van der Waals surface area contributed by atoms with Crippen molar-refractivity contribution in [3.63, 3.8) is 0 Å². The molecule has 0 heterocycles. The largest absolute Gasteiger partial charge is 0.400 e. The van der Waals surface area contributed by atoms with Crippen molar-refractivity contribution in [2.24, 2.45) is 0 Å². The van der Waals surface area contributed by atoms with Crippen molar-refractivity contribution in [2.45, 2.75) is 19.6 Å². The van der Waals surface area contributed by atoms with E-state index in [-0.39, 0.29) is 0 Å². The molecule has 2 heteroatoms. The summed E-state index contributed by atoms with van der Waals surface area (Å²) in [7, 11) is 0.912. The van der Waals surface area contributed by atoms with Crippen molar-refractivity contribution in [1.82, 2.24) is 0 Å². The van der Waals surface area contributed by atoms with Gasteiger partial charge in [-0.3, -0.25) is 0 Å². The van der Waals surface area contributed by atoms with Crippen LogP contribution < -0.4 is 4.57 Å². The second kappa shape index (κ2) is 4.01. The number of benzene rings is 1. The number of para-hydroxylation sites is 1. The van der Waals surface area contributed by atoms with Gasteiger partial charge in [0.2, 0.25) is 0 Å². The van der Waals surface area contributed by atoms with E-state index in [1.54, 1.807) is 0 Å². The van der Waals surface area contributed by atoms with Crippen LogP contribution in [0.3, 0.4) is 0 Å². The van der Waals surface area contributed by atoms with Gasteiger partial charge in [-0.15, -0.1) is 0 Å². The van der Waals surface area contributed by atoms with E-state index < -0.39 is 8.24 Å². The Morgan fingerprint density at radius 3 is 2.29 bits per heavy atom. The summed E-state index contributed by atoms with van der Waals surface area (Å²) in [6.07, 6.45) is 1.92. The minimum Gasteiger partial charge on any atom is -0.400 e. The Morgan fingerprint density at radius 2 is 1.79 bits per heavy atom. The molecular formula is C12H19NSi. The molecule has 0 unspecified atom stereocenters. The van der Waals surface area contributed by atoms with Crippen molar-refractivity contribution in [2.75, 3.05) is 11.6 Å².